The molecule has 30 heavy (non-hydrogen) atoms. The number of carbonyl (C=O) groups excluding carboxylic acids is 1. The molecule has 1 aliphatic heterocycles. The highest BCUT2D eigenvalue weighted by atomic mass is 16.5. The summed E-state index contributed by atoms with van der Waals surface area (Å²) < 4.78 is 11.1. The zero-order valence-electron chi connectivity index (χ0n) is 17.3. The van der Waals surface area contributed by atoms with Gasteiger partial charge >= 0.3 is 6.03 Å². The van der Waals surface area contributed by atoms with E-state index in [-0.39, 0.29) is 11.9 Å². The molecule has 7 heteroatoms. The number of carbonyl (C=O) groups is 1. The molecule has 0 radical (unpaired) electrons. The number of ether oxygens (including phenoxy) is 1. The van der Waals surface area contributed by atoms with Crippen molar-refractivity contribution in [3.8, 4) is 17.1 Å². The second kappa shape index (κ2) is 8.98. The number of hydrogen-bond donors (Lipinski definition) is 1. The van der Waals surface area contributed by atoms with Crippen molar-refractivity contribution in [3.63, 3.8) is 0 Å². The van der Waals surface area contributed by atoms with E-state index in [9.17, 15) is 4.79 Å². The van der Waals surface area contributed by atoms with Gasteiger partial charge in [-0.25, -0.2) is 4.79 Å². The second-order valence-electron chi connectivity index (χ2n) is 7.47. The molecule has 156 valence electrons. The summed E-state index contributed by atoms with van der Waals surface area (Å²) in [4.78, 5) is 19.2. The molecule has 1 aliphatic rings. The summed E-state index contributed by atoms with van der Waals surface area (Å²) in [5, 5.41) is 7.11. The van der Waals surface area contributed by atoms with Gasteiger partial charge in [0.05, 0.1) is 18.2 Å². The molecular weight excluding hydrogens is 380 g/mol. The van der Waals surface area contributed by atoms with Crippen LogP contribution in [-0.2, 0) is 0 Å². The largest absolute Gasteiger partial charge is 0.492 e. The number of rotatable bonds is 5. The van der Waals surface area contributed by atoms with Crippen LogP contribution in [0, 0.1) is 6.92 Å². The highest BCUT2D eigenvalue weighted by Crippen LogP contribution is 2.29. The van der Waals surface area contributed by atoms with Crippen molar-refractivity contribution in [3.05, 3.63) is 60.0 Å². The number of likely N-dealkylation sites (tertiary alicyclic amines) is 1. The zero-order chi connectivity index (χ0) is 20.9. The SMILES string of the molecule is CCOc1ccccc1NC(=O)N1CCC[C@@H](c2nc(-c3ccc(C)cc3)no2)C1. The summed E-state index contributed by atoms with van der Waals surface area (Å²) in [6.45, 7) is 5.73. The Labute approximate surface area is 176 Å². The van der Waals surface area contributed by atoms with E-state index in [0.717, 1.165) is 18.4 Å². The van der Waals surface area contributed by atoms with E-state index in [0.29, 0.717) is 42.8 Å². The molecular formula is C23H26N4O3. The molecule has 0 spiro atoms. The van der Waals surface area contributed by atoms with Crippen LogP contribution in [0.15, 0.2) is 53.1 Å². The Balaban J connectivity index is 1.43. The average Bonchev–Trinajstić information content (AvgIpc) is 3.26. The maximum absolute atomic E-state index is 12.9. The Hall–Kier alpha value is -3.35. The molecule has 2 heterocycles. The van der Waals surface area contributed by atoms with Gasteiger partial charge in [-0.3, -0.25) is 0 Å². The summed E-state index contributed by atoms with van der Waals surface area (Å²) in [6, 6.07) is 15.3. The predicted molar refractivity (Wildman–Crippen MR) is 115 cm³/mol. The van der Waals surface area contributed by atoms with Crippen molar-refractivity contribution >= 4 is 11.7 Å². The predicted octanol–water partition coefficient (Wildman–Crippen LogP) is 4.86. The summed E-state index contributed by atoms with van der Waals surface area (Å²) in [5.41, 5.74) is 2.78. The van der Waals surface area contributed by atoms with Crippen LogP contribution in [0.5, 0.6) is 5.75 Å². The molecule has 0 saturated carbocycles. The molecule has 3 aromatic rings. The molecule has 4 rings (SSSR count). The fraction of sp³-hybridized carbons (Fsp3) is 0.348. The number of aryl methyl sites for hydroxylation is 1. The van der Waals surface area contributed by atoms with E-state index in [4.69, 9.17) is 9.26 Å². The minimum absolute atomic E-state index is 0.0262. The van der Waals surface area contributed by atoms with Gasteiger partial charge in [0.2, 0.25) is 11.7 Å². The molecule has 1 saturated heterocycles. The number of benzene rings is 2. The molecule has 7 nitrogen and oxygen atoms in total. The number of piperidine rings is 1. The van der Waals surface area contributed by atoms with Crippen molar-refractivity contribution in [2.45, 2.75) is 32.6 Å². The minimum Gasteiger partial charge on any atom is -0.492 e. The molecule has 1 atom stereocenters. The minimum atomic E-state index is -0.148. The van der Waals surface area contributed by atoms with E-state index in [1.54, 1.807) is 4.90 Å². The van der Waals surface area contributed by atoms with Crippen LogP contribution in [0.2, 0.25) is 0 Å². The first-order chi connectivity index (χ1) is 14.6. The Morgan fingerprint density at radius 3 is 2.83 bits per heavy atom. The van der Waals surface area contributed by atoms with Crippen LogP contribution < -0.4 is 10.1 Å². The van der Waals surface area contributed by atoms with Crippen LogP contribution in [-0.4, -0.2) is 40.8 Å². The third kappa shape index (κ3) is 4.45. The number of amides is 2. The van der Waals surface area contributed by atoms with Crippen molar-refractivity contribution in [2.75, 3.05) is 25.0 Å². The van der Waals surface area contributed by atoms with Gasteiger partial charge in [0.15, 0.2) is 0 Å². The Morgan fingerprint density at radius 2 is 2.03 bits per heavy atom. The van der Waals surface area contributed by atoms with Crippen LogP contribution in [0.3, 0.4) is 0 Å². The normalized spacial score (nSPS) is 16.3. The Morgan fingerprint density at radius 1 is 1.23 bits per heavy atom. The number of anilines is 1. The topological polar surface area (TPSA) is 80.5 Å². The van der Waals surface area contributed by atoms with Gasteiger partial charge in [-0.1, -0.05) is 47.1 Å². The van der Waals surface area contributed by atoms with Gasteiger partial charge in [0.1, 0.15) is 5.75 Å². The van der Waals surface area contributed by atoms with Crippen molar-refractivity contribution in [2.24, 2.45) is 0 Å². The lowest BCUT2D eigenvalue weighted by atomic mass is 9.98. The Bertz CT molecular complexity index is 1000. The summed E-state index contributed by atoms with van der Waals surface area (Å²) in [6.07, 6.45) is 1.79. The number of nitrogens with one attached hydrogen (secondary N) is 1. The first-order valence-corrected chi connectivity index (χ1v) is 10.3. The van der Waals surface area contributed by atoms with E-state index in [2.05, 4.69) is 15.5 Å². The lowest BCUT2D eigenvalue weighted by Crippen LogP contribution is -2.41. The number of hydrogen-bond acceptors (Lipinski definition) is 5. The van der Waals surface area contributed by atoms with Crippen LogP contribution in [0.4, 0.5) is 10.5 Å². The fourth-order valence-electron chi connectivity index (χ4n) is 3.63. The number of urea groups is 1. The third-order valence-electron chi connectivity index (χ3n) is 5.24. The smallest absolute Gasteiger partial charge is 0.321 e. The first kappa shape index (κ1) is 19.9. The molecule has 0 unspecified atom stereocenters. The van der Waals surface area contributed by atoms with E-state index < -0.39 is 0 Å². The van der Waals surface area contributed by atoms with Gasteiger partial charge < -0.3 is 19.5 Å². The maximum atomic E-state index is 12.9. The number of para-hydroxylation sites is 2. The highest BCUT2D eigenvalue weighted by molar-refractivity contribution is 5.91. The summed E-state index contributed by atoms with van der Waals surface area (Å²) >= 11 is 0. The van der Waals surface area contributed by atoms with Crippen LogP contribution in [0.1, 0.15) is 37.1 Å². The van der Waals surface area contributed by atoms with Gasteiger partial charge in [-0.2, -0.15) is 4.98 Å². The fourth-order valence-corrected chi connectivity index (χ4v) is 3.63. The van der Waals surface area contributed by atoms with Crippen LogP contribution >= 0.6 is 0 Å². The third-order valence-corrected chi connectivity index (χ3v) is 5.24. The summed E-state index contributed by atoms with van der Waals surface area (Å²) in [5.74, 6) is 1.86. The first-order valence-electron chi connectivity index (χ1n) is 10.3. The van der Waals surface area contributed by atoms with Crippen molar-refractivity contribution < 1.29 is 14.1 Å². The average molecular weight is 406 g/mol. The van der Waals surface area contributed by atoms with Crippen molar-refractivity contribution in [1.29, 1.82) is 0 Å². The number of aromatic nitrogens is 2. The number of nitrogens with zero attached hydrogens (tertiary/aromatic N) is 3. The van der Waals surface area contributed by atoms with Gasteiger partial charge in [-0.05, 0) is 38.8 Å². The summed E-state index contributed by atoms with van der Waals surface area (Å²) in [7, 11) is 0. The molecule has 1 N–H and O–H groups in total. The Kier molecular flexibility index (Phi) is 5.97. The second-order valence-corrected chi connectivity index (χ2v) is 7.47. The monoisotopic (exact) mass is 406 g/mol. The maximum Gasteiger partial charge on any atom is 0.321 e. The molecule has 1 aromatic heterocycles. The zero-order valence-corrected chi connectivity index (χ0v) is 17.3. The van der Waals surface area contributed by atoms with E-state index in [1.807, 2.05) is 62.4 Å². The van der Waals surface area contributed by atoms with E-state index >= 15 is 0 Å². The van der Waals surface area contributed by atoms with Gasteiger partial charge in [0.25, 0.3) is 0 Å². The van der Waals surface area contributed by atoms with Crippen molar-refractivity contribution in [1.82, 2.24) is 15.0 Å². The van der Waals surface area contributed by atoms with E-state index in [1.165, 1.54) is 5.56 Å². The molecule has 0 aliphatic carbocycles. The molecule has 2 aromatic carbocycles. The molecule has 1 fully saturated rings. The van der Waals surface area contributed by atoms with Crippen LogP contribution in [0.25, 0.3) is 11.4 Å². The highest BCUT2D eigenvalue weighted by Gasteiger charge is 2.29. The standard InChI is InChI=1S/C23H26N4O3/c1-3-29-20-9-5-4-8-19(20)24-23(28)27-14-6-7-18(15-27)22-25-21(26-30-22)17-12-10-16(2)11-13-17/h4-5,8-13,18H,3,6-7,14-15H2,1-2H3,(H,24,28)/t18-/m1/s1. The molecule has 0 bridgehead atoms. The lowest BCUT2D eigenvalue weighted by molar-refractivity contribution is 0.184. The quantitative estimate of drug-likeness (QED) is 0.655. The van der Waals surface area contributed by atoms with Gasteiger partial charge in [0, 0.05) is 18.7 Å². The van der Waals surface area contributed by atoms with Gasteiger partial charge in [-0.15, -0.1) is 0 Å². The molecule has 2 amide bonds. The lowest BCUT2D eigenvalue weighted by Gasteiger charge is -2.31.